The van der Waals surface area contributed by atoms with Gasteiger partial charge in [-0.25, -0.2) is 9.59 Å². The molecule has 0 unspecified atom stereocenters. The highest BCUT2D eigenvalue weighted by Crippen LogP contribution is 2.19. The maximum Gasteiger partial charge on any atom is 0.408 e. The summed E-state index contributed by atoms with van der Waals surface area (Å²) >= 11 is 0. The van der Waals surface area contributed by atoms with Crippen LogP contribution >= 0.6 is 0 Å². The van der Waals surface area contributed by atoms with Crippen molar-refractivity contribution in [3.8, 4) is 0 Å². The molecule has 1 N–H and O–H groups in total. The average molecular weight is 382 g/mol. The first-order valence-corrected chi connectivity index (χ1v) is 8.64. The second-order valence-corrected chi connectivity index (χ2v) is 6.04. The maximum absolute atomic E-state index is 12.6. The van der Waals surface area contributed by atoms with Crippen LogP contribution in [0.5, 0.6) is 0 Å². The van der Waals surface area contributed by atoms with E-state index in [1.165, 1.54) is 0 Å². The number of amides is 3. The van der Waals surface area contributed by atoms with Gasteiger partial charge in [-0.1, -0.05) is 60.7 Å². The van der Waals surface area contributed by atoms with Gasteiger partial charge in [0.25, 0.3) is 11.8 Å². The standard InChI is InChI=1S/C20H18N2O6/c23-16-11-12-17(24)22(16)28-19(25)18(15-9-5-2-6-10-15)21-20(26)27-13-14-7-3-1-4-8-14/h1-10,18H,11-13H2,(H,21,26)/t18-/m0/s1. The van der Waals surface area contributed by atoms with Crippen LogP contribution in [0.3, 0.4) is 0 Å². The first-order chi connectivity index (χ1) is 13.5. The van der Waals surface area contributed by atoms with E-state index in [-0.39, 0.29) is 19.4 Å². The molecule has 0 aliphatic carbocycles. The van der Waals surface area contributed by atoms with Crippen molar-refractivity contribution in [3.05, 3.63) is 71.8 Å². The summed E-state index contributed by atoms with van der Waals surface area (Å²) in [6.45, 7) is 0.0202. The fourth-order valence-corrected chi connectivity index (χ4v) is 2.61. The van der Waals surface area contributed by atoms with Gasteiger partial charge < -0.3 is 14.9 Å². The lowest BCUT2D eigenvalue weighted by molar-refractivity contribution is -0.199. The number of alkyl carbamates (subject to hydrolysis) is 1. The molecule has 1 saturated heterocycles. The first-order valence-electron chi connectivity index (χ1n) is 8.64. The highest BCUT2D eigenvalue weighted by Gasteiger charge is 2.36. The van der Waals surface area contributed by atoms with E-state index in [2.05, 4.69) is 5.32 Å². The van der Waals surface area contributed by atoms with Crippen molar-refractivity contribution in [1.29, 1.82) is 0 Å². The molecule has 0 radical (unpaired) electrons. The van der Waals surface area contributed by atoms with Gasteiger partial charge in [-0.15, -0.1) is 5.06 Å². The lowest BCUT2D eigenvalue weighted by Gasteiger charge is -2.20. The van der Waals surface area contributed by atoms with Crippen molar-refractivity contribution < 1.29 is 28.8 Å². The summed E-state index contributed by atoms with van der Waals surface area (Å²) < 4.78 is 5.14. The summed E-state index contributed by atoms with van der Waals surface area (Å²) in [6.07, 6.45) is -0.878. The van der Waals surface area contributed by atoms with Gasteiger partial charge in [-0.2, -0.15) is 0 Å². The Labute approximate surface area is 161 Å². The van der Waals surface area contributed by atoms with Crippen LogP contribution in [0, 0.1) is 0 Å². The van der Waals surface area contributed by atoms with Gasteiger partial charge in [0, 0.05) is 12.8 Å². The third-order valence-electron chi connectivity index (χ3n) is 4.03. The summed E-state index contributed by atoms with van der Waals surface area (Å²) in [5.74, 6) is -2.17. The Morgan fingerprint density at radius 3 is 2.11 bits per heavy atom. The maximum atomic E-state index is 12.6. The van der Waals surface area contributed by atoms with Gasteiger partial charge >= 0.3 is 12.1 Å². The van der Waals surface area contributed by atoms with Crippen LogP contribution in [-0.2, 0) is 30.6 Å². The van der Waals surface area contributed by atoms with E-state index >= 15 is 0 Å². The summed E-state index contributed by atoms with van der Waals surface area (Å²) in [5.41, 5.74) is 1.20. The summed E-state index contributed by atoms with van der Waals surface area (Å²) in [7, 11) is 0. The number of nitrogens with zero attached hydrogens (tertiary/aromatic N) is 1. The van der Waals surface area contributed by atoms with Crippen LogP contribution in [0.25, 0.3) is 0 Å². The van der Waals surface area contributed by atoms with E-state index in [9.17, 15) is 19.2 Å². The van der Waals surface area contributed by atoms with E-state index < -0.39 is 29.9 Å². The molecule has 28 heavy (non-hydrogen) atoms. The number of hydrogen-bond acceptors (Lipinski definition) is 6. The lowest BCUT2D eigenvalue weighted by atomic mass is 10.1. The zero-order valence-electron chi connectivity index (χ0n) is 14.9. The molecule has 0 spiro atoms. The molecule has 0 saturated carbocycles. The molecular formula is C20H18N2O6. The topological polar surface area (TPSA) is 102 Å². The highest BCUT2D eigenvalue weighted by molar-refractivity contribution is 6.02. The summed E-state index contributed by atoms with van der Waals surface area (Å²) in [6, 6.07) is 16.1. The normalized spacial score (nSPS) is 14.5. The van der Waals surface area contributed by atoms with Crippen LogP contribution < -0.4 is 5.32 Å². The Balaban J connectivity index is 1.68. The van der Waals surface area contributed by atoms with Crippen LogP contribution in [0.1, 0.15) is 30.0 Å². The van der Waals surface area contributed by atoms with Crippen LogP contribution in [0.4, 0.5) is 4.79 Å². The summed E-state index contributed by atoms with van der Waals surface area (Å²) in [4.78, 5) is 53.0. The molecule has 8 heteroatoms. The Hall–Kier alpha value is -3.68. The minimum atomic E-state index is -1.24. The predicted molar refractivity (Wildman–Crippen MR) is 96.1 cm³/mol. The number of rotatable bonds is 6. The zero-order chi connectivity index (χ0) is 19.9. The van der Waals surface area contributed by atoms with Crippen molar-refractivity contribution in [2.24, 2.45) is 0 Å². The van der Waals surface area contributed by atoms with E-state index in [1.807, 2.05) is 18.2 Å². The molecule has 1 atom stereocenters. The Morgan fingerprint density at radius 2 is 1.50 bits per heavy atom. The molecule has 8 nitrogen and oxygen atoms in total. The van der Waals surface area contributed by atoms with Crippen LogP contribution in [0.2, 0.25) is 0 Å². The third-order valence-corrected chi connectivity index (χ3v) is 4.03. The fraction of sp³-hybridized carbons (Fsp3) is 0.200. The van der Waals surface area contributed by atoms with Crippen molar-refractivity contribution >= 4 is 23.9 Å². The number of ether oxygens (including phenoxy) is 1. The molecule has 1 aliphatic heterocycles. The van der Waals surface area contributed by atoms with E-state index in [1.54, 1.807) is 42.5 Å². The SMILES string of the molecule is O=C(N[C@H](C(=O)ON1C(=O)CCC1=O)c1ccccc1)OCc1ccccc1. The van der Waals surface area contributed by atoms with Crippen molar-refractivity contribution in [1.82, 2.24) is 10.4 Å². The molecule has 1 aliphatic rings. The second-order valence-electron chi connectivity index (χ2n) is 6.04. The Bertz CT molecular complexity index is 853. The minimum Gasteiger partial charge on any atom is -0.445 e. The number of carbonyl (C=O) groups excluding carboxylic acids is 4. The van der Waals surface area contributed by atoms with Gasteiger partial charge in [-0.3, -0.25) is 9.59 Å². The van der Waals surface area contributed by atoms with Crippen molar-refractivity contribution in [3.63, 3.8) is 0 Å². The number of hydrogen-bond donors (Lipinski definition) is 1. The monoisotopic (exact) mass is 382 g/mol. The number of carbonyl (C=O) groups is 4. The minimum absolute atomic E-state index is 0.0192. The lowest BCUT2D eigenvalue weighted by Crippen LogP contribution is -2.40. The Kier molecular flexibility index (Phi) is 6.01. The van der Waals surface area contributed by atoms with Gasteiger partial charge in [0.2, 0.25) is 0 Å². The molecule has 3 amide bonds. The zero-order valence-corrected chi connectivity index (χ0v) is 14.9. The average Bonchev–Trinajstić information content (AvgIpc) is 3.04. The summed E-state index contributed by atoms with van der Waals surface area (Å²) in [5, 5.41) is 2.86. The van der Waals surface area contributed by atoms with Crippen molar-refractivity contribution in [2.75, 3.05) is 0 Å². The number of benzene rings is 2. The van der Waals surface area contributed by atoms with Gasteiger partial charge in [0.1, 0.15) is 6.61 Å². The molecule has 2 aromatic carbocycles. The molecule has 1 heterocycles. The van der Waals surface area contributed by atoms with E-state index in [4.69, 9.17) is 9.57 Å². The highest BCUT2D eigenvalue weighted by atomic mass is 16.7. The predicted octanol–water partition coefficient (Wildman–Crippen LogP) is 2.26. The van der Waals surface area contributed by atoms with E-state index in [0.717, 1.165) is 5.56 Å². The van der Waals surface area contributed by atoms with Gasteiger partial charge in [0.05, 0.1) is 0 Å². The number of imide groups is 1. The fourth-order valence-electron chi connectivity index (χ4n) is 2.61. The molecule has 2 aromatic rings. The second kappa shape index (κ2) is 8.81. The van der Waals surface area contributed by atoms with Gasteiger partial charge in [0.15, 0.2) is 6.04 Å². The molecule has 0 aromatic heterocycles. The molecule has 3 rings (SSSR count). The van der Waals surface area contributed by atoms with Crippen molar-refractivity contribution in [2.45, 2.75) is 25.5 Å². The smallest absolute Gasteiger partial charge is 0.408 e. The first kappa shape index (κ1) is 19.1. The van der Waals surface area contributed by atoms with E-state index in [0.29, 0.717) is 10.6 Å². The van der Waals surface area contributed by atoms with Crippen LogP contribution in [-0.4, -0.2) is 28.9 Å². The Morgan fingerprint density at radius 1 is 0.929 bits per heavy atom. The third kappa shape index (κ3) is 4.73. The molecule has 0 bridgehead atoms. The van der Waals surface area contributed by atoms with Crippen LogP contribution in [0.15, 0.2) is 60.7 Å². The number of hydroxylamine groups is 2. The van der Waals surface area contributed by atoms with Gasteiger partial charge in [-0.05, 0) is 11.1 Å². The quantitative estimate of drug-likeness (QED) is 0.769. The number of nitrogens with one attached hydrogen (secondary N) is 1. The molecule has 1 fully saturated rings. The largest absolute Gasteiger partial charge is 0.445 e. The molecule has 144 valence electrons. The molecular weight excluding hydrogens is 364 g/mol.